The summed E-state index contributed by atoms with van der Waals surface area (Å²) in [6, 6.07) is 4.07. The molecule has 170 valence electrons. The van der Waals surface area contributed by atoms with Crippen LogP contribution in [0.1, 0.15) is 50.2 Å². The van der Waals surface area contributed by atoms with Crippen LogP contribution in [0.2, 0.25) is 5.02 Å². The number of nitrogens with one attached hydrogen (secondary N) is 2. The molecule has 4 rings (SSSR count). The Hall–Kier alpha value is -1.63. The molecule has 0 spiro atoms. The van der Waals surface area contributed by atoms with E-state index < -0.39 is 0 Å². The minimum atomic E-state index is 0.0214. The number of nitrogens with zero attached hydrogens (tertiary/aromatic N) is 2. The van der Waals surface area contributed by atoms with Gasteiger partial charge in [0.25, 0.3) is 0 Å². The summed E-state index contributed by atoms with van der Waals surface area (Å²) in [5.41, 5.74) is 3.01. The fourth-order valence-corrected chi connectivity index (χ4v) is 5.54. The zero-order chi connectivity index (χ0) is 22.0. The van der Waals surface area contributed by atoms with Crippen molar-refractivity contribution in [2.75, 3.05) is 38.0 Å². The van der Waals surface area contributed by atoms with E-state index in [0.29, 0.717) is 10.9 Å². The molecular formula is C24H35ClN4O2. The van der Waals surface area contributed by atoms with Crippen molar-refractivity contribution in [3.8, 4) is 0 Å². The standard InChI is InChI=1S/C24H35ClN4O2/c1-16-14-28(9-10-29(16)24(31)18-5-3-4-6-18)15-20-11-21(25)12-22(17(20)2)27-23(30)19-7-8-26-13-19/h11-12,16,18-19,26H,3-10,13-15H2,1-2H3,(H,27,30)/t16-,19+/m0/s1. The van der Waals surface area contributed by atoms with Gasteiger partial charge < -0.3 is 15.5 Å². The number of anilines is 1. The first kappa shape index (κ1) is 22.6. The van der Waals surface area contributed by atoms with Crippen LogP contribution in [-0.4, -0.2) is 60.4 Å². The Labute approximate surface area is 190 Å². The number of halogens is 1. The molecule has 3 aliphatic rings. The van der Waals surface area contributed by atoms with Crippen molar-refractivity contribution in [2.24, 2.45) is 11.8 Å². The van der Waals surface area contributed by atoms with Gasteiger partial charge in [0.05, 0.1) is 5.92 Å². The van der Waals surface area contributed by atoms with E-state index in [1.807, 2.05) is 12.1 Å². The van der Waals surface area contributed by atoms with Crippen molar-refractivity contribution >= 4 is 29.1 Å². The molecule has 2 aliphatic heterocycles. The Morgan fingerprint density at radius 1 is 1.16 bits per heavy atom. The Morgan fingerprint density at radius 2 is 1.94 bits per heavy atom. The number of carbonyl (C=O) groups is 2. The molecule has 2 saturated heterocycles. The zero-order valence-corrected chi connectivity index (χ0v) is 19.5. The topological polar surface area (TPSA) is 64.7 Å². The molecule has 2 N–H and O–H groups in total. The highest BCUT2D eigenvalue weighted by Crippen LogP contribution is 2.30. The molecular weight excluding hydrogens is 412 g/mol. The normalized spacial score (nSPS) is 25.2. The van der Waals surface area contributed by atoms with Gasteiger partial charge >= 0.3 is 0 Å². The number of hydrogen-bond acceptors (Lipinski definition) is 4. The summed E-state index contributed by atoms with van der Waals surface area (Å²) in [6.45, 7) is 9.13. The summed E-state index contributed by atoms with van der Waals surface area (Å²) in [5, 5.41) is 6.98. The van der Waals surface area contributed by atoms with Gasteiger partial charge in [-0.15, -0.1) is 0 Å². The molecule has 2 atom stereocenters. The Balaban J connectivity index is 1.39. The Morgan fingerprint density at radius 3 is 2.61 bits per heavy atom. The van der Waals surface area contributed by atoms with Crippen LogP contribution >= 0.6 is 11.6 Å². The second-order valence-electron chi connectivity index (χ2n) is 9.51. The fraction of sp³-hybridized carbons (Fsp3) is 0.667. The van der Waals surface area contributed by atoms with Crippen molar-refractivity contribution in [3.63, 3.8) is 0 Å². The number of rotatable bonds is 5. The van der Waals surface area contributed by atoms with Crippen LogP contribution in [0.25, 0.3) is 0 Å². The van der Waals surface area contributed by atoms with Gasteiger partial charge in [0.1, 0.15) is 0 Å². The van der Waals surface area contributed by atoms with Crippen LogP contribution in [0.3, 0.4) is 0 Å². The van der Waals surface area contributed by atoms with Crippen LogP contribution in [0, 0.1) is 18.8 Å². The largest absolute Gasteiger partial charge is 0.337 e. The summed E-state index contributed by atoms with van der Waals surface area (Å²) < 4.78 is 0. The third-order valence-electron chi connectivity index (χ3n) is 7.26. The molecule has 1 aromatic rings. The molecule has 1 aromatic carbocycles. The van der Waals surface area contributed by atoms with E-state index in [1.165, 1.54) is 12.8 Å². The SMILES string of the molecule is Cc1c(CN2CCN(C(=O)C3CCCC3)[C@@H](C)C2)cc(Cl)cc1NC(=O)[C@@H]1CCNC1. The summed E-state index contributed by atoms with van der Waals surface area (Å²) in [7, 11) is 0. The maximum absolute atomic E-state index is 12.9. The highest BCUT2D eigenvalue weighted by molar-refractivity contribution is 6.31. The smallest absolute Gasteiger partial charge is 0.228 e. The molecule has 3 fully saturated rings. The first-order valence-electron chi connectivity index (χ1n) is 11.8. The molecule has 2 heterocycles. The lowest BCUT2D eigenvalue weighted by Crippen LogP contribution is -2.54. The van der Waals surface area contributed by atoms with Gasteiger partial charge in [0, 0.05) is 55.4 Å². The maximum Gasteiger partial charge on any atom is 0.228 e. The average Bonchev–Trinajstić information content (AvgIpc) is 3.45. The number of hydrogen-bond donors (Lipinski definition) is 2. The van der Waals surface area contributed by atoms with E-state index in [1.54, 1.807) is 0 Å². The number of piperazine rings is 1. The molecule has 7 heteroatoms. The van der Waals surface area contributed by atoms with Crippen LogP contribution in [0.4, 0.5) is 5.69 Å². The first-order valence-corrected chi connectivity index (χ1v) is 12.1. The molecule has 6 nitrogen and oxygen atoms in total. The third kappa shape index (κ3) is 5.24. The second kappa shape index (κ2) is 9.88. The lowest BCUT2D eigenvalue weighted by molar-refractivity contribution is -0.140. The van der Waals surface area contributed by atoms with E-state index >= 15 is 0 Å². The molecule has 0 radical (unpaired) electrons. The van der Waals surface area contributed by atoms with Gasteiger partial charge in [0.2, 0.25) is 11.8 Å². The molecule has 0 unspecified atom stereocenters. The van der Waals surface area contributed by atoms with Crippen molar-refractivity contribution < 1.29 is 9.59 Å². The second-order valence-corrected chi connectivity index (χ2v) is 9.95. The van der Waals surface area contributed by atoms with Crippen LogP contribution in [-0.2, 0) is 16.1 Å². The van der Waals surface area contributed by atoms with Gasteiger partial charge in [-0.3, -0.25) is 14.5 Å². The summed E-state index contributed by atoms with van der Waals surface area (Å²) in [4.78, 5) is 30.0. The van der Waals surface area contributed by atoms with Crippen molar-refractivity contribution in [2.45, 2.75) is 58.5 Å². The summed E-state index contributed by atoms with van der Waals surface area (Å²) in [5.74, 6) is 0.683. The van der Waals surface area contributed by atoms with E-state index in [4.69, 9.17) is 11.6 Å². The zero-order valence-electron chi connectivity index (χ0n) is 18.8. The monoisotopic (exact) mass is 446 g/mol. The summed E-state index contributed by atoms with van der Waals surface area (Å²) >= 11 is 6.41. The summed E-state index contributed by atoms with van der Waals surface area (Å²) in [6.07, 6.45) is 5.36. The van der Waals surface area contributed by atoms with E-state index in [-0.39, 0.29) is 23.8 Å². The third-order valence-corrected chi connectivity index (χ3v) is 7.48. The van der Waals surface area contributed by atoms with Gasteiger partial charge in [-0.05, 0) is 62.9 Å². The van der Waals surface area contributed by atoms with Crippen LogP contribution < -0.4 is 10.6 Å². The fourth-order valence-electron chi connectivity index (χ4n) is 5.30. The van der Waals surface area contributed by atoms with Crippen LogP contribution in [0.15, 0.2) is 12.1 Å². The predicted molar refractivity (Wildman–Crippen MR) is 124 cm³/mol. The van der Waals surface area contributed by atoms with Gasteiger partial charge in [-0.1, -0.05) is 24.4 Å². The van der Waals surface area contributed by atoms with E-state index in [2.05, 4.69) is 34.3 Å². The molecule has 2 amide bonds. The molecule has 1 saturated carbocycles. The average molecular weight is 447 g/mol. The van der Waals surface area contributed by atoms with Gasteiger partial charge in [-0.2, -0.15) is 0 Å². The van der Waals surface area contributed by atoms with Crippen molar-refractivity contribution in [3.05, 3.63) is 28.3 Å². The van der Waals surface area contributed by atoms with Crippen molar-refractivity contribution in [1.29, 1.82) is 0 Å². The first-order chi connectivity index (χ1) is 14.9. The maximum atomic E-state index is 12.9. The molecule has 0 bridgehead atoms. The van der Waals surface area contributed by atoms with E-state index in [9.17, 15) is 9.59 Å². The van der Waals surface area contributed by atoms with Crippen molar-refractivity contribution in [1.82, 2.24) is 15.1 Å². The number of carbonyl (C=O) groups excluding carboxylic acids is 2. The number of benzene rings is 1. The highest BCUT2D eigenvalue weighted by Gasteiger charge is 2.33. The highest BCUT2D eigenvalue weighted by atomic mass is 35.5. The van der Waals surface area contributed by atoms with Gasteiger partial charge in [0.15, 0.2) is 0 Å². The number of amides is 2. The van der Waals surface area contributed by atoms with E-state index in [0.717, 1.165) is 75.3 Å². The predicted octanol–water partition coefficient (Wildman–Crippen LogP) is 3.42. The lowest BCUT2D eigenvalue weighted by Gasteiger charge is -2.41. The Bertz CT molecular complexity index is 818. The van der Waals surface area contributed by atoms with Crippen LogP contribution in [0.5, 0.6) is 0 Å². The minimum Gasteiger partial charge on any atom is -0.337 e. The Kier molecular flexibility index (Phi) is 7.19. The lowest BCUT2D eigenvalue weighted by atomic mass is 10.0. The quantitative estimate of drug-likeness (QED) is 0.727. The molecule has 0 aromatic heterocycles. The molecule has 31 heavy (non-hydrogen) atoms. The minimum absolute atomic E-state index is 0.0214. The molecule has 1 aliphatic carbocycles. The van der Waals surface area contributed by atoms with Gasteiger partial charge in [-0.25, -0.2) is 0 Å².